The summed E-state index contributed by atoms with van der Waals surface area (Å²) in [6.45, 7) is 11.4. The first kappa shape index (κ1) is 36.5. The van der Waals surface area contributed by atoms with Gasteiger partial charge in [0.1, 0.15) is 29.3 Å². The number of imide groups is 1. The van der Waals surface area contributed by atoms with Gasteiger partial charge in [0.05, 0.1) is 24.6 Å². The smallest absolute Gasteiger partial charge is 0.254 e. The number of fused-ring (bicyclic) bond motifs is 1. The fraction of sp³-hybridized carbons (Fsp3) is 0.472. The number of amides is 3. The van der Waals surface area contributed by atoms with E-state index in [0.29, 0.717) is 40.2 Å². The summed E-state index contributed by atoms with van der Waals surface area (Å²) >= 11 is 6.34. The Hall–Kier alpha value is -4.27. The fourth-order valence-corrected chi connectivity index (χ4v) is 8.36. The Morgan fingerprint density at radius 1 is 1.16 bits per heavy atom. The van der Waals surface area contributed by atoms with E-state index >= 15 is 0 Å². The fourth-order valence-electron chi connectivity index (χ4n) is 6.83. The Balaban J connectivity index is 1.32. The van der Waals surface area contributed by atoms with Crippen molar-refractivity contribution in [3.8, 4) is 11.6 Å². The molecule has 3 fully saturated rings. The summed E-state index contributed by atoms with van der Waals surface area (Å²) in [6, 6.07) is 8.70. The number of ether oxygens (including phenoxy) is 2. The molecule has 3 amide bonds. The number of benzene rings is 1. The third kappa shape index (κ3) is 7.40. The zero-order chi connectivity index (χ0) is 36.9. The van der Waals surface area contributed by atoms with E-state index in [4.69, 9.17) is 21.1 Å². The van der Waals surface area contributed by atoms with E-state index in [2.05, 4.69) is 31.9 Å². The molecule has 2 aliphatic carbocycles. The van der Waals surface area contributed by atoms with Gasteiger partial charge in [0.15, 0.2) is 0 Å². The maximum atomic E-state index is 14.2. The molecule has 3 aromatic rings. The maximum absolute atomic E-state index is 14.2. The van der Waals surface area contributed by atoms with Crippen LogP contribution in [0.3, 0.4) is 0 Å². The Labute approximate surface area is 302 Å². The van der Waals surface area contributed by atoms with Crippen LogP contribution >= 0.6 is 11.6 Å². The minimum Gasteiger partial charge on any atom is -0.494 e. The van der Waals surface area contributed by atoms with Crippen molar-refractivity contribution in [2.75, 3.05) is 19.0 Å². The second kappa shape index (κ2) is 13.7. The lowest BCUT2D eigenvalue weighted by Crippen LogP contribution is -2.59. The zero-order valence-corrected chi connectivity index (χ0v) is 30.8. The van der Waals surface area contributed by atoms with Crippen molar-refractivity contribution in [1.29, 1.82) is 0 Å². The lowest BCUT2D eigenvalue weighted by molar-refractivity contribution is -0.136. The van der Waals surface area contributed by atoms with Gasteiger partial charge in [-0.1, -0.05) is 44.5 Å². The van der Waals surface area contributed by atoms with Crippen molar-refractivity contribution >= 4 is 55.9 Å². The number of aromatic nitrogens is 2. The molecule has 3 aliphatic rings. The molecule has 1 saturated heterocycles. The number of halogens is 1. The van der Waals surface area contributed by atoms with E-state index < -0.39 is 68.1 Å². The average Bonchev–Trinajstić information content (AvgIpc) is 4.00. The van der Waals surface area contributed by atoms with Gasteiger partial charge < -0.3 is 14.8 Å². The highest BCUT2D eigenvalue weighted by Crippen LogP contribution is 2.53. The molecule has 1 aromatic carbocycles. The van der Waals surface area contributed by atoms with E-state index in [1.807, 2.05) is 39.8 Å². The Bertz CT molecular complexity index is 2000. The van der Waals surface area contributed by atoms with E-state index in [-0.39, 0.29) is 25.3 Å². The minimum absolute atomic E-state index is 0.0530. The maximum Gasteiger partial charge on any atom is 0.254 e. The lowest BCUT2D eigenvalue weighted by Gasteiger charge is -2.33. The third-order valence-electron chi connectivity index (χ3n) is 9.77. The molecule has 3 heterocycles. The SMILES string of the molecule is C=C[C@@H]1C[C@@]1(C(=O)NS(=O)(=O)C1CC1)N1C[C@H](Oc2ncc(OC)c3ccc(Cl)cc23)C[C@H]1C(=O)NC(=O)[C@H](Nc1cccc(C)n1)C(C)(C)C. The van der Waals surface area contributed by atoms with Gasteiger partial charge >= 0.3 is 0 Å². The first-order valence-electron chi connectivity index (χ1n) is 16.9. The summed E-state index contributed by atoms with van der Waals surface area (Å²) in [5, 5.41) is 6.87. The molecule has 51 heavy (non-hydrogen) atoms. The van der Waals surface area contributed by atoms with Crippen molar-refractivity contribution in [3.63, 3.8) is 0 Å². The van der Waals surface area contributed by atoms with Gasteiger partial charge in [0, 0.05) is 40.4 Å². The molecule has 0 radical (unpaired) electrons. The first-order valence-corrected chi connectivity index (χ1v) is 18.8. The van der Waals surface area contributed by atoms with Gasteiger partial charge in [0.25, 0.3) is 5.91 Å². The number of anilines is 1. The quantitative estimate of drug-likeness (QED) is 0.228. The predicted molar refractivity (Wildman–Crippen MR) is 193 cm³/mol. The molecule has 272 valence electrons. The summed E-state index contributed by atoms with van der Waals surface area (Å²) in [5.74, 6) is -1.18. The number of hydrogen-bond donors (Lipinski definition) is 3. The third-order valence-corrected chi connectivity index (χ3v) is 11.8. The summed E-state index contributed by atoms with van der Waals surface area (Å²) in [7, 11) is -2.37. The van der Waals surface area contributed by atoms with Crippen LogP contribution < -0.4 is 24.8 Å². The standard InChI is InChI=1S/C36H43ClN6O7S/c1-7-21-17-36(21,34(46)42-51(47,48)24-12-13-24)43-19-23(50-33-26-15-22(37)11-14-25(26)28(49-6)18-38-33)16-27(43)31(44)41-32(45)30(35(3,4)5)40-29-10-8-9-20(2)39-29/h7-11,14-15,18,21,23-24,27,30H,1,12-13,16-17,19H2,2-6H3,(H,39,40)(H,42,46)(H,41,44,45)/t21-,23-,27+,30+,36-/m1/s1. The number of nitrogens with one attached hydrogen (secondary N) is 3. The van der Waals surface area contributed by atoms with Gasteiger partial charge in [-0.2, -0.15) is 0 Å². The molecule has 13 nitrogen and oxygen atoms in total. The summed E-state index contributed by atoms with van der Waals surface area (Å²) in [6.07, 6.45) is 3.67. The van der Waals surface area contributed by atoms with Gasteiger partial charge in [0.2, 0.25) is 27.7 Å². The molecule has 2 saturated carbocycles. The van der Waals surface area contributed by atoms with Crippen LogP contribution in [0.1, 0.15) is 52.1 Å². The highest BCUT2D eigenvalue weighted by Gasteiger charge is 2.67. The number of pyridine rings is 2. The molecule has 2 aromatic heterocycles. The molecule has 3 N–H and O–H groups in total. The monoisotopic (exact) mass is 738 g/mol. The number of carbonyl (C=O) groups excluding carboxylic acids is 3. The van der Waals surface area contributed by atoms with Crippen LogP contribution in [0.15, 0.2) is 55.3 Å². The molecular formula is C36H43ClN6O7S. The molecular weight excluding hydrogens is 696 g/mol. The second-order valence-corrected chi connectivity index (χ2v) is 17.0. The summed E-state index contributed by atoms with van der Waals surface area (Å²) in [4.78, 5) is 52.7. The number of sulfonamides is 1. The van der Waals surface area contributed by atoms with E-state index in [0.717, 1.165) is 5.69 Å². The topological polar surface area (TPSA) is 169 Å². The van der Waals surface area contributed by atoms with Gasteiger partial charge in [-0.25, -0.2) is 18.4 Å². The van der Waals surface area contributed by atoms with Crippen molar-refractivity contribution < 1.29 is 32.3 Å². The summed E-state index contributed by atoms with van der Waals surface area (Å²) < 4.78 is 40.1. The number of likely N-dealkylation sites (tertiary alicyclic amines) is 1. The molecule has 1 aliphatic heterocycles. The number of methoxy groups -OCH3 is 1. The van der Waals surface area contributed by atoms with Gasteiger partial charge in [-0.3, -0.25) is 29.3 Å². The molecule has 0 spiro atoms. The molecule has 0 bridgehead atoms. The lowest BCUT2D eigenvalue weighted by atomic mass is 9.86. The van der Waals surface area contributed by atoms with Crippen LogP contribution in [0.5, 0.6) is 11.6 Å². The van der Waals surface area contributed by atoms with E-state index in [1.165, 1.54) is 13.3 Å². The highest BCUT2D eigenvalue weighted by atomic mass is 35.5. The number of rotatable bonds is 12. The first-order chi connectivity index (χ1) is 24.1. The Morgan fingerprint density at radius 3 is 2.53 bits per heavy atom. The van der Waals surface area contributed by atoms with Gasteiger partial charge in [-0.05, 0) is 61.9 Å². The van der Waals surface area contributed by atoms with Crippen molar-refractivity contribution in [3.05, 3.63) is 66.0 Å². The van der Waals surface area contributed by atoms with Crippen LogP contribution in [0.4, 0.5) is 5.82 Å². The molecule has 5 atom stereocenters. The summed E-state index contributed by atoms with van der Waals surface area (Å²) in [5.41, 5.74) is -1.28. The number of aryl methyl sites for hydroxylation is 1. The number of nitrogens with zero attached hydrogens (tertiary/aromatic N) is 3. The van der Waals surface area contributed by atoms with Crippen LogP contribution in [0.25, 0.3) is 10.8 Å². The van der Waals surface area contributed by atoms with Crippen molar-refractivity contribution in [2.45, 2.75) is 82.4 Å². The second-order valence-electron chi connectivity index (χ2n) is 14.6. The van der Waals surface area contributed by atoms with Crippen LogP contribution in [0, 0.1) is 18.3 Å². The normalized spacial score (nSPS) is 24.0. The van der Waals surface area contributed by atoms with E-state index in [9.17, 15) is 22.8 Å². The molecule has 6 rings (SSSR count). The highest BCUT2D eigenvalue weighted by molar-refractivity contribution is 7.91. The number of hydrogen-bond acceptors (Lipinski definition) is 11. The van der Waals surface area contributed by atoms with Crippen molar-refractivity contribution in [2.24, 2.45) is 11.3 Å². The molecule has 0 unspecified atom stereocenters. The zero-order valence-electron chi connectivity index (χ0n) is 29.2. The Kier molecular flexibility index (Phi) is 9.81. The Morgan fingerprint density at radius 2 is 1.90 bits per heavy atom. The average molecular weight is 739 g/mol. The largest absolute Gasteiger partial charge is 0.494 e. The van der Waals surface area contributed by atoms with Crippen molar-refractivity contribution in [1.82, 2.24) is 24.9 Å². The van der Waals surface area contributed by atoms with Crippen LogP contribution in [-0.2, 0) is 24.4 Å². The van der Waals surface area contributed by atoms with Crippen LogP contribution in [0.2, 0.25) is 5.02 Å². The minimum atomic E-state index is -3.90. The molecule has 15 heteroatoms. The predicted octanol–water partition coefficient (Wildman–Crippen LogP) is 4.14. The number of carbonyl (C=O) groups is 3. The van der Waals surface area contributed by atoms with Crippen LogP contribution in [-0.4, -0.2) is 83.6 Å². The van der Waals surface area contributed by atoms with Gasteiger partial charge in [-0.15, -0.1) is 6.58 Å². The van der Waals surface area contributed by atoms with E-state index in [1.54, 1.807) is 35.2 Å².